The second-order valence-corrected chi connectivity index (χ2v) is 3.25. The molecule has 6 nitrogen and oxygen atoms in total. The Morgan fingerprint density at radius 2 is 2.20 bits per heavy atom. The predicted molar refractivity (Wildman–Crippen MR) is 56.6 cm³/mol. The Bertz CT molecular complexity index is 309. The molecule has 0 bridgehead atoms. The number of hydrogen-bond donors (Lipinski definition) is 3. The molecular formula is C9H17N5O. The largest absolute Gasteiger partial charge is 0.348 e. The lowest BCUT2D eigenvalue weighted by Gasteiger charge is -2.03. The predicted octanol–water partition coefficient (Wildman–Crippen LogP) is -0.157. The number of aromatic nitrogens is 3. The molecule has 0 aliphatic rings. The SMILES string of the molecule is CCCNCCNC(=O)c1n[nH]c(C)n1. The summed E-state index contributed by atoms with van der Waals surface area (Å²) in [5, 5.41) is 12.3. The highest BCUT2D eigenvalue weighted by atomic mass is 16.2. The topological polar surface area (TPSA) is 82.7 Å². The molecule has 0 aromatic carbocycles. The zero-order valence-electron chi connectivity index (χ0n) is 9.13. The van der Waals surface area contributed by atoms with E-state index in [-0.39, 0.29) is 11.7 Å². The summed E-state index contributed by atoms with van der Waals surface area (Å²) in [5.74, 6) is 0.602. The first kappa shape index (κ1) is 11.6. The van der Waals surface area contributed by atoms with Crippen molar-refractivity contribution in [2.75, 3.05) is 19.6 Å². The van der Waals surface area contributed by atoms with Crippen LogP contribution >= 0.6 is 0 Å². The van der Waals surface area contributed by atoms with E-state index < -0.39 is 0 Å². The summed E-state index contributed by atoms with van der Waals surface area (Å²) in [6.07, 6.45) is 1.09. The summed E-state index contributed by atoms with van der Waals surface area (Å²) >= 11 is 0. The summed E-state index contributed by atoms with van der Waals surface area (Å²) in [4.78, 5) is 15.3. The van der Waals surface area contributed by atoms with E-state index in [2.05, 4.69) is 32.7 Å². The third-order valence-corrected chi connectivity index (χ3v) is 1.81. The second kappa shape index (κ2) is 6.13. The maximum Gasteiger partial charge on any atom is 0.291 e. The first-order valence-corrected chi connectivity index (χ1v) is 5.12. The van der Waals surface area contributed by atoms with Crippen molar-refractivity contribution in [1.82, 2.24) is 25.8 Å². The van der Waals surface area contributed by atoms with Crippen molar-refractivity contribution in [3.05, 3.63) is 11.6 Å². The Kier molecular flexibility index (Phi) is 4.76. The number of nitrogens with one attached hydrogen (secondary N) is 3. The molecule has 1 rings (SSSR count). The fourth-order valence-corrected chi connectivity index (χ4v) is 1.09. The van der Waals surface area contributed by atoms with E-state index in [4.69, 9.17) is 0 Å². The van der Waals surface area contributed by atoms with Crippen molar-refractivity contribution in [2.45, 2.75) is 20.3 Å². The van der Waals surface area contributed by atoms with Crippen LogP contribution in [0.2, 0.25) is 0 Å². The van der Waals surface area contributed by atoms with Crippen molar-refractivity contribution < 1.29 is 4.79 Å². The number of aromatic amines is 1. The van der Waals surface area contributed by atoms with Gasteiger partial charge >= 0.3 is 0 Å². The van der Waals surface area contributed by atoms with E-state index >= 15 is 0 Å². The second-order valence-electron chi connectivity index (χ2n) is 3.25. The van der Waals surface area contributed by atoms with Crippen LogP contribution in [0, 0.1) is 6.92 Å². The normalized spacial score (nSPS) is 10.3. The van der Waals surface area contributed by atoms with Crippen LogP contribution in [0.25, 0.3) is 0 Å². The first-order chi connectivity index (χ1) is 7.24. The molecule has 0 fully saturated rings. The van der Waals surface area contributed by atoms with Gasteiger partial charge in [0.25, 0.3) is 5.91 Å². The molecule has 0 spiro atoms. The number of hydrogen-bond acceptors (Lipinski definition) is 4. The van der Waals surface area contributed by atoms with Gasteiger partial charge in [0.15, 0.2) is 0 Å². The minimum Gasteiger partial charge on any atom is -0.348 e. The molecule has 1 aromatic rings. The quantitative estimate of drug-likeness (QED) is 0.571. The average molecular weight is 211 g/mol. The maximum absolute atomic E-state index is 11.4. The number of nitrogens with zero attached hydrogens (tertiary/aromatic N) is 2. The van der Waals surface area contributed by atoms with Crippen LogP contribution in [0.3, 0.4) is 0 Å². The van der Waals surface area contributed by atoms with Crippen LogP contribution in [0.1, 0.15) is 29.8 Å². The van der Waals surface area contributed by atoms with Crippen LogP contribution in [0.5, 0.6) is 0 Å². The lowest BCUT2D eigenvalue weighted by molar-refractivity contribution is 0.0944. The van der Waals surface area contributed by atoms with Gasteiger partial charge in [0.1, 0.15) is 5.82 Å². The third-order valence-electron chi connectivity index (χ3n) is 1.81. The van der Waals surface area contributed by atoms with E-state index in [0.717, 1.165) is 19.5 Å². The van der Waals surface area contributed by atoms with Gasteiger partial charge in [-0.25, -0.2) is 4.98 Å². The van der Waals surface area contributed by atoms with Crippen molar-refractivity contribution >= 4 is 5.91 Å². The van der Waals surface area contributed by atoms with Gasteiger partial charge in [0.2, 0.25) is 5.82 Å². The zero-order valence-corrected chi connectivity index (χ0v) is 9.13. The number of H-pyrrole nitrogens is 1. The van der Waals surface area contributed by atoms with Gasteiger partial charge in [-0.1, -0.05) is 6.92 Å². The van der Waals surface area contributed by atoms with Crippen LogP contribution in [-0.2, 0) is 0 Å². The first-order valence-electron chi connectivity index (χ1n) is 5.12. The highest BCUT2D eigenvalue weighted by Crippen LogP contribution is 1.89. The zero-order chi connectivity index (χ0) is 11.1. The molecule has 0 aliphatic carbocycles. The Morgan fingerprint density at radius 1 is 1.40 bits per heavy atom. The van der Waals surface area contributed by atoms with Gasteiger partial charge in [-0.3, -0.25) is 9.89 Å². The third kappa shape index (κ3) is 4.07. The van der Waals surface area contributed by atoms with Crippen molar-refractivity contribution in [1.29, 1.82) is 0 Å². The fourth-order valence-electron chi connectivity index (χ4n) is 1.09. The average Bonchev–Trinajstić information content (AvgIpc) is 2.64. The highest BCUT2D eigenvalue weighted by Gasteiger charge is 2.09. The maximum atomic E-state index is 11.4. The molecular weight excluding hydrogens is 194 g/mol. The molecule has 6 heteroatoms. The van der Waals surface area contributed by atoms with Crippen molar-refractivity contribution in [3.8, 4) is 0 Å². The number of amides is 1. The van der Waals surface area contributed by atoms with Gasteiger partial charge in [-0.05, 0) is 19.9 Å². The van der Waals surface area contributed by atoms with Crippen LogP contribution in [0.15, 0.2) is 0 Å². The number of carbonyl (C=O) groups excluding carboxylic acids is 1. The molecule has 0 unspecified atom stereocenters. The molecule has 1 amide bonds. The number of carbonyl (C=O) groups is 1. The van der Waals surface area contributed by atoms with E-state index in [1.165, 1.54) is 0 Å². The Labute approximate surface area is 88.9 Å². The van der Waals surface area contributed by atoms with Gasteiger partial charge < -0.3 is 10.6 Å². The Hall–Kier alpha value is -1.43. The number of rotatable bonds is 6. The molecule has 15 heavy (non-hydrogen) atoms. The molecule has 0 aliphatic heterocycles. The molecule has 1 aromatic heterocycles. The Balaban J connectivity index is 2.19. The van der Waals surface area contributed by atoms with Crippen molar-refractivity contribution in [3.63, 3.8) is 0 Å². The monoisotopic (exact) mass is 211 g/mol. The summed E-state index contributed by atoms with van der Waals surface area (Å²) in [5.41, 5.74) is 0. The fraction of sp³-hybridized carbons (Fsp3) is 0.667. The van der Waals surface area contributed by atoms with Gasteiger partial charge in [-0.2, -0.15) is 0 Å². The number of aryl methyl sites for hydroxylation is 1. The molecule has 84 valence electrons. The molecule has 0 radical (unpaired) electrons. The van der Waals surface area contributed by atoms with E-state index in [0.29, 0.717) is 12.4 Å². The summed E-state index contributed by atoms with van der Waals surface area (Å²) < 4.78 is 0. The Morgan fingerprint density at radius 3 is 2.80 bits per heavy atom. The van der Waals surface area contributed by atoms with E-state index in [1.807, 2.05) is 0 Å². The van der Waals surface area contributed by atoms with Gasteiger partial charge in [0.05, 0.1) is 0 Å². The summed E-state index contributed by atoms with van der Waals surface area (Å²) in [6.45, 7) is 6.18. The van der Waals surface area contributed by atoms with Crippen molar-refractivity contribution in [2.24, 2.45) is 0 Å². The molecule has 1 heterocycles. The highest BCUT2D eigenvalue weighted by molar-refractivity contribution is 5.90. The smallest absolute Gasteiger partial charge is 0.291 e. The molecule has 0 saturated heterocycles. The van der Waals surface area contributed by atoms with Gasteiger partial charge in [0, 0.05) is 13.1 Å². The summed E-state index contributed by atoms with van der Waals surface area (Å²) in [6, 6.07) is 0. The molecule has 3 N–H and O–H groups in total. The molecule has 0 saturated carbocycles. The lowest BCUT2D eigenvalue weighted by atomic mass is 10.4. The van der Waals surface area contributed by atoms with Crippen LogP contribution in [0.4, 0.5) is 0 Å². The standard InChI is InChI=1S/C9H17N5O/c1-3-4-10-5-6-11-9(15)8-12-7(2)13-14-8/h10H,3-6H2,1-2H3,(H,11,15)(H,12,13,14). The van der Waals surface area contributed by atoms with E-state index in [9.17, 15) is 4.79 Å². The van der Waals surface area contributed by atoms with E-state index in [1.54, 1.807) is 6.92 Å². The molecule has 0 atom stereocenters. The minimum absolute atomic E-state index is 0.197. The lowest BCUT2D eigenvalue weighted by Crippen LogP contribution is -2.32. The van der Waals surface area contributed by atoms with Crippen LogP contribution < -0.4 is 10.6 Å². The van der Waals surface area contributed by atoms with Gasteiger partial charge in [-0.15, -0.1) is 5.10 Å². The summed E-state index contributed by atoms with van der Waals surface area (Å²) in [7, 11) is 0. The minimum atomic E-state index is -0.238. The van der Waals surface area contributed by atoms with Crippen LogP contribution in [-0.4, -0.2) is 40.7 Å².